The SMILES string of the molecule is C[C@@H](CN1CCN(CCOCCO)CC1)CN1c2ccccc2Sc2ccccc21.Cl.Cl. The van der Waals surface area contributed by atoms with Crippen molar-refractivity contribution in [2.75, 3.05) is 70.5 Å². The molecule has 1 N–H and O–H groups in total. The molecule has 0 spiro atoms. The fourth-order valence-electron chi connectivity index (χ4n) is 4.34. The quantitative estimate of drug-likeness (QED) is 0.515. The number of anilines is 2. The number of benzene rings is 2. The summed E-state index contributed by atoms with van der Waals surface area (Å²) < 4.78 is 5.41. The van der Waals surface area contributed by atoms with Gasteiger partial charge in [-0.3, -0.25) is 4.90 Å². The molecule has 0 amide bonds. The Bertz CT molecular complexity index is 776. The minimum Gasteiger partial charge on any atom is -0.394 e. The highest BCUT2D eigenvalue weighted by atomic mass is 35.5. The molecule has 1 saturated heterocycles. The highest BCUT2D eigenvalue weighted by molar-refractivity contribution is 7.99. The molecule has 178 valence electrons. The third-order valence-electron chi connectivity index (χ3n) is 5.85. The zero-order chi connectivity index (χ0) is 20.8. The summed E-state index contributed by atoms with van der Waals surface area (Å²) in [4.78, 5) is 10.3. The zero-order valence-electron chi connectivity index (χ0n) is 18.7. The van der Waals surface area contributed by atoms with Crippen molar-refractivity contribution in [2.24, 2.45) is 5.92 Å². The van der Waals surface area contributed by atoms with Crippen LogP contribution in [-0.4, -0.2) is 80.5 Å². The van der Waals surface area contributed by atoms with E-state index in [-0.39, 0.29) is 31.4 Å². The number of hydrogen-bond donors (Lipinski definition) is 1. The topological polar surface area (TPSA) is 39.2 Å². The molecule has 2 aliphatic rings. The number of ether oxygens (including phenoxy) is 1. The molecule has 2 aliphatic heterocycles. The first-order valence-electron chi connectivity index (χ1n) is 11.0. The molecule has 0 radical (unpaired) electrons. The zero-order valence-corrected chi connectivity index (χ0v) is 21.1. The Hall–Kier alpha value is -0.990. The van der Waals surface area contributed by atoms with Crippen LogP contribution >= 0.6 is 36.6 Å². The van der Waals surface area contributed by atoms with E-state index in [9.17, 15) is 0 Å². The third kappa shape index (κ3) is 7.00. The molecule has 0 saturated carbocycles. The number of para-hydroxylation sites is 2. The Balaban J connectivity index is 0.00000181. The maximum atomic E-state index is 8.80. The van der Waals surface area contributed by atoms with Gasteiger partial charge in [-0.2, -0.15) is 0 Å². The molecule has 0 bridgehead atoms. The molecule has 1 fully saturated rings. The summed E-state index contributed by atoms with van der Waals surface area (Å²) in [5, 5.41) is 8.80. The van der Waals surface area contributed by atoms with E-state index in [1.165, 1.54) is 21.2 Å². The summed E-state index contributed by atoms with van der Waals surface area (Å²) in [5.74, 6) is 0.577. The van der Waals surface area contributed by atoms with Crippen LogP contribution in [0.5, 0.6) is 0 Å². The lowest BCUT2D eigenvalue weighted by molar-refractivity contribution is 0.0555. The molecule has 8 heteroatoms. The van der Waals surface area contributed by atoms with Crippen LogP contribution in [0.1, 0.15) is 6.92 Å². The van der Waals surface area contributed by atoms with Crippen LogP contribution < -0.4 is 4.90 Å². The Morgan fingerprint density at radius 1 is 0.844 bits per heavy atom. The van der Waals surface area contributed by atoms with E-state index < -0.39 is 0 Å². The van der Waals surface area contributed by atoms with Gasteiger partial charge in [-0.15, -0.1) is 24.8 Å². The summed E-state index contributed by atoms with van der Waals surface area (Å²) in [6.45, 7) is 11.2. The highest BCUT2D eigenvalue weighted by Gasteiger charge is 2.25. The van der Waals surface area contributed by atoms with E-state index in [1.807, 2.05) is 11.8 Å². The third-order valence-corrected chi connectivity index (χ3v) is 6.98. The fourth-order valence-corrected chi connectivity index (χ4v) is 5.44. The predicted molar refractivity (Wildman–Crippen MR) is 138 cm³/mol. The van der Waals surface area contributed by atoms with Gasteiger partial charge in [0.25, 0.3) is 0 Å². The van der Waals surface area contributed by atoms with Gasteiger partial charge in [-0.05, 0) is 30.2 Å². The van der Waals surface area contributed by atoms with Gasteiger partial charge >= 0.3 is 0 Å². The number of nitrogens with zero attached hydrogens (tertiary/aromatic N) is 3. The molecule has 2 heterocycles. The summed E-state index contributed by atoms with van der Waals surface area (Å²) in [5.41, 5.74) is 2.67. The van der Waals surface area contributed by atoms with Crippen LogP contribution in [-0.2, 0) is 4.74 Å². The molecule has 4 rings (SSSR count). The molecular formula is C24H35Cl2N3O2S. The molecule has 0 aliphatic carbocycles. The molecule has 0 unspecified atom stereocenters. The minimum absolute atomic E-state index is 0. The number of fused-ring (bicyclic) bond motifs is 2. The van der Waals surface area contributed by atoms with Gasteiger partial charge in [0.15, 0.2) is 0 Å². The van der Waals surface area contributed by atoms with E-state index in [2.05, 4.69) is 70.2 Å². The van der Waals surface area contributed by atoms with Crippen molar-refractivity contribution in [3.63, 3.8) is 0 Å². The van der Waals surface area contributed by atoms with Crippen LogP contribution in [0.4, 0.5) is 11.4 Å². The summed E-state index contributed by atoms with van der Waals surface area (Å²) >= 11 is 1.88. The van der Waals surface area contributed by atoms with Crippen molar-refractivity contribution >= 4 is 48.0 Å². The van der Waals surface area contributed by atoms with E-state index >= 15 is 0 Å². The normalized spacial score (nSPS) is 17.0. The number of aliphatic hydroxyl groups is 1. The smallest absolute Gasteiger partial charge is 0.0698 e. The van der Waals surface area contributed by atoms with Gasteiger partial charge in [0.2, 0.25) is 0 Å². The van der Waals surface area contributed by atoms with E-state index in [0.717, 1.165) is 45.8 Å². The van der Waals surface area contributed by atoms with Crippen molar-refractivity contribution in [3.05, 3.63) is 48.5 Å². The first-order chi connectivity index (χ1) is 14.7. The average molecular weight is 501 g/mol. The monoisotopic (exact) mass is 499 g/mol. The van der Waals surface area contributed by atoms with E-state index in [0.29, 0.717) is 19.1 Å². The molecular weight excluding hydrogens is 465 g/mol. The molecule has 2 aromatic carbocycles. The Kier molecular flexibility index (Phi) is 11.6. The van der Waals surface area contributed by atoms with Crippen LogP contribution in [0.25, 0.3) is 0 Å². The maximum absolute atomic E-state index is 8.80. The van der Waals surface area contributed by atoms with Gasteiger partial charge in [-0.1, -0.05) is 43.0 Å². The number of aliphatic hydroxyl groups excluding tert-OH is 1. The van der Waals surface area contributed by atoms with E-state index in [1.54, 1.807) is 0 Å². The maximum Gasteiger partial charge on any atom is 0.0698 e. The van der Waals surface area contributed by atoms with Gasteiger partial charge in [0.1, 0.15) is 0 Å². The van der Waals surface area contributed by atoms with Crippen molar-refractivity contribution in [1.82, 2.24) is 9.80 Å². The van der Waals surface area contributed by atoms with Gasteiger partial charge in [0.05, 0.1) is 31.2 Å². The fraction of sp³-hybridized carbons (Fsp3) is 0.500. The van der Waals surface area contributed by atoms with Crippen LogP contribution in [0.15, 0.2) is 58.3 Å². The van der Waals surface area contributed by atoms with Gasteiger partial charge in [-0.25, -0.2) is 0 Å². The Morgan fingerprint density at radius 2 is 1.41 bits per heavy atom. The summed E-state index contributed by atoms with van der Waals surface area (Å²) in [6.07, 6.45) is 0. The molecule has 1 atom stereocenters. The van der Waals surface area contributed by atoms with Crippen molar-refractivity contribution in [1.29, 1.82) is 0 Å². The van der Waals surface area contributed by atoms with Gasteiger partial charge in [0, 0.05) is 55.6 Å². The van der Waals surface area contributed by atoms with Crippen LogP contribution in [0.3, 0.4) is 0 Å². The first-order valence-corrected chi connectivity index (χ1v) is 11.8. The number of piperazine rings is 1. The molecule has 32 heavy (non-hydrogen) atoms. The lowest BCUT2D eigenvalue weighted by Crippen LogP contribution is -2.49. The Labute approximate surface area is 208 Å². The summed E-state index contributed by atoms with van der Waals surface area (Å²) in [7, 11) is 0. The van der Waals surface area contributed by atoms with Crippen LogP contribution in [0.2, 0.25) is 0 Å². The average Bonchev–Trinajstić information content (AvgIpc) is 2.77. The van der Waals surface area contributed by atoms with Gasteiger partial charge < -0.3 is 19.6 Å². The molecule has 0 aromatic heterocycles. The second kappa shape index (κ2) is 13.7. The second-order valence-corrected chi connectivity index (χ2v) is 9.32. The second-order valence-electron chi connectivity index (χ2n) is 8.23. The number of halogens is 2. The Morgan fingerprint density at radius 3 is 2.00 bits per heavy atom. The molecule has 5 nitrogen and oxygen atoms in total. The number of hydrogen-bond acceptors (Lipinski definition) is 6. The summed E-state index contributed by atoms with van der Waals surface area (Å²) in [6, 6.07) is 17.5. The predicted octanol–water partition coefficient (Wildman–Crippen LogP) is 4.40. The van der Waals surface area contributed by atoms with Crippen LogP contribution in [0, 0.1) is 5.92 Å². The molecule has 2 aromatic rings. The standard InChI is InChI=1S/C24H33N3O2S.2ClH/c1-20(18-26-12-10-25(11-13-26)14-16-29-17-15-28)19-27-21-6-2-4-8-23(21)30-24-9-5-3-7-22(24)27;;/h2-9,20,28H,10-19H2,1H3;2*1H/t20-;;/m0../s1. The first kappa shape index (κ1) is 27.3. The lowest BCUT2D eigenvalue weighted by atomic mass is 10.1. The lowest BCUT2D eigenvalue weighted by Gasteiger charge is -2.38. The van der Waals surface area contributed by atoms with Crippen molar-refractivity contribution < 1.29 is 9.84 Å². The van der Waals surface area contributed by atoms with Crippen molar-refractivity contribution in [2.45, 2.75) is 16.7 Å². The highest BCUT2D eigenvalue weighted by Crippen LogP contribution is 2.47. The van der Waals surface area contributed by atoms with E-state index in [4.69, 9.17) is 9.84 Å². The number of rotatable bonds is 9. The largest absolute Gasteiger partial charge is 0.394 e. The van der Waals surface area contributed by atoms with Crippen molar-refractivity contribution in [3.8, 4) is 0 Å². The minimum atomic E-state index is 0.